The average Bonchev–Trinajstić information content (AvgIpc) is 2.38. The van der Waals surface area contributed by atoms with Crippen LogP contribution in [-0.2, 0) is 6.18 Å². The molecular weight excluding hydrogens is 291 g/mol. The lowest BCUT2D eigenvalue weighted by Crippen LogP contribution is -2.05. The lowest BCUT2D eigenvalue weighted by Gasteiger charge is -2.06. The molecule has 7 heteroatoms. The lowest BCUT2D eigenvalue weighted by atomic mass is 10.2. The van der Waals surface area contributed by atoms with Gasteiger partial charge in [0.2, 0.25) is 0 Å². The minimum absolute atomic E-state index is 0.219. The van der Waals surface area contributed by atoms with E-state index in [4.69, 9.17) is 11.6 Å². The van der Waals surface area contributed by atoms with Crippen molar-refractivity contribution < 1.29 is 13.2 Å². The highest BCUT2D eigenvalue weighted by atomic mass is 35.5. The molecule has 3 nitrogen and oxygen atoms in total. The zero-order valence-electron chi connectivity index (χ0n) is 10.0. The van der Waals surface area contributed by atoms with E-state index in [-0.39, 0.29) is 5.82 Å². The molecule has 0 atom stereocenters. The van der Waals surface area contributed by atoms with Crippen LogP contribution in [-0.4, -0.2) is 11.2 Å². The van der Waals surface area contributed by atoms with E-state index in [1.54, 1.807) is 24.3 Å². The summed E-state index contributed by atoms with van der Waals surface area (Å²) in [5.74, 6) is 0.219. The van der Waals surface area contributed by atoms with Crippen molar-refractivity contribution in [3.8, 4) is 0 Å². The van der Waals surface area contributed by atoms with Gasteiger partial charge in [-0.25, -0.2) is 4.98 Å². The Labute approximate surface area is 118 Å². The van der Waals surface area contributed by atoms with E-state index < -0.39 is 11.7 Å². The third-order valence-electron chi connectivity index (χ3n) is 2.33. The first-order chi connectivity index (χ1) is 9.45. The molecule has 1 aromatic heterocycles. The van der Waals surface area contributed by atoms with Gasteiger partial charge in [0.15, 0.2) is 0 Å². The Kier molecular flexibility index (Phi) is 4.24. The number of anilines is 1. The van der Waals surface area contributed by atoms with Crippen molar-refractivity contribution in [3.05, 3.63) is 58.7 Å². The summed E-state index contributed by atoms with van der Waals surface area (Å²) in [5, 5.41) is 4.44. The van der Waals surface area contributed by atoms with Crippen molar-refractivity contribution >= 4 is 23.6 Å². The van der Waals surface area contributed by atoms with Gasteiger partial charge in [-0.05, 0) is 29.8 Å². The number of hydrogen-bond donors (Lipinski definition) is 1. The standard InChI is InChI=1S/C13H9ClF3N3/c14-11-3-1-2-9(6-11)7-19-20-12-5-4-10(8-18-12)13(15,16)17/h1-8H,(H,18,20). The van der Waals surface area contributed by atoms with Crippen LogP contribution >= 0.6 is 11.6 Å². The molecule has 0 spiro atoms. The molecular formula is C13H9ClF3N3. The van der Waals surface area contributed by atoms with Crippen LogP contribution in [0.1, 0.15) is 11.1 Å². The first-order valence-corrected chi connectivity index (χ1v) is 5.91. The molecule has 1 heterocycles. The fourth-order valence-corrected chi connectivity index (χ4v) is 1.59. The molecule has 1 N–H and O–H groups in total. The molecule has 2 rings (SSSR count). The molecule has 0 saturated carbocycles. The number of aromatic nitrogens is 1. The summed E-state index contributed by atoms with van der Waals surface area (Å²) < 4.78 is 37.0. The first kappa shape index (κ1) is 14.3. The summed E-state index contributed by atoms with van der Waals surface area (Å²) in [5.41, 5.74) is 2.50. The third-order valence-corrected chi connectivity index (χ3v) is 2.57. The quantitative estimate of drug-likeness (QED) is 0.681. The van der Waals surface area contributed by atoms with Gasteiger partial charge in [-0.2, -0.15) is 18.3 Å². The SMILES string of the molecule is FC(F)(F)c1ccc(NN=Cc2cccc(Cl)c2)nc1. The Bertz CT molecular complexity index is 609. The molecule has 0 amide bonds. The number of nitrogens with zero attached hydrogens (tertiary/aromatic N) is 2. The summed E-state index contributed by atoms with van der Waals surface area (Å²) in [4.78, 5) is 3.62. The van der Waals surface area contributed by atoms with E-state index in [1.807, 2.05) is 0 Å². The van der Waals surface area contributed by atoms with Gasteiger partial charge in [0, 0.05) is 11.2 Å². The van der Waals surface area contributed by atoms with E-state index in [2.05, 4.69) is 15.5 Å². The fraction of sp³-hybridized carbons (Fsp3) is 0.0769. The molecule has 0 unspecified atom stereocenters. The van der Waals surface area contributed by atoms with Gasteiger partial charge >= 0.3 is 6.18 Å². The monoisotopic (exact) mass is 299 g/mol. The molecule has 0 saturated heterocycles. The van der Waals surface area contributed by atoms with Crippen molar-refractivity contribution in [3.63, 3.8) is 0 Å². The molecule has 0 aliphatic carbocycles. The number of benzene rings is 1. The number of rotatable bonds is 3. The maximum atomic E-state index is 12.3. The highest BCUT2D eigenvalue weighted by Gasteiger charge is 2.30. The lowest BCUT2D eigenvalue weighted by molar-refractivity contribution is -0.137. The zero-order chi connectivity index (χ0) is 14.6. The van der Waals surface area contributed by atoms with Crippen molar-refractivity contribution in [1.29, 1.82) is 0 Å². The van der Waals surface area contributed by atoms with Crippen molar-refractivity contribution in [2.24, 2.45) is 5.10 Å². The second kappa shape index (κ2) is 5.92. The summed E-state index contributed by atoms with van der Waals surface area (Å²) in [7, 11) is 0. The Balaban J connectivity index is 2.01. The number of hydrogen-bond acceptors (Lipinski definition) is 3. The van der Waals surface area contributed by atoms with E-state index >= 15 is 0 Å². The van der Waals surface area contributed by atoms with Crippen molar-refractivity contribution in [1.82, 2.24) is 4.98 Å². The topological polar surface area (TPSA) is 37.3 Å². The number of alkyl halides is 3. The van der Waals surface area contributed by atoms with E-state index in [1.165, 1.54) is 12.3 Å². The fourth-order valence-electron chi connectivity index (χ4n) is 1.39. The number of pyridine rings is 1. The number of nitrogens with one attached hydrogen (secondary N) is 1. The van der Waals surface area contributed by atoms with Crippen molar-refractivity contribution in [2.75, 3.05) is 5.43 Å². The minimum Gasteiger partial charge on any atom is -0.261 e. The zero-order valence-corrected chi connectivity index (χ0v) is 10.8. The van der Waals surface area contributed by atoms with Gasteiger partial charge in [-0.1, -0.05) is 23.7 Å². The van der Waals surface area contributed by atoms with Gasteiger partial charge in [0.25, 0.3) is 0 Å². The van der Waals surface area contributed by atoms with Gasteiger partial charge < -0.3 is 0 Å². The van der Waals surface area contributed by atoms with Gasteiger partial charge in [0.1, 0.15) is 5.82 Å². The van der Waals surface area contributed by atoms with Crippen LogP contribution in [0.3, 0.4) is 0 Å². The van der Waals surface area contributed by atoms with Crippen molar-refractivity contribution in [2.45, 2.75) is 6.18 Å². The van der Waals surface area contributed by atoms with E-state index in [0.29, 0.717) is 5.02 Å². The summed E-state index contributed by atoms with van der Waals surface area (Å²) in [6.45, 7) is 0. The van der Waals surface area contributed by atoms with Crippen LogP contribution in [0.15, 0.2) is 47.7 Å². The molecule has 104 valence electrons. The van der Waals surface area contributed by atoms with Crippen LogP contribution in [0, 0.1) is 0 Å². The maximum Gasteiger partial charge on any atom is 0.417 e. The summed E-state index contributed by atoms with van der Waals surface area (Å²) >= 11 is 5.80. The molecule has 1 aromatic carbocycles. The maximum absolute atomic E-state index is 12.3. The minimum atomic E-state index is -4.39. The summed E-state index contributed by atoms with van der Waals surface area (Å²) in [6, 6.07) is 9.12. The van der Waals surface area contributed by atoms with E-state index in [0.717, 1.165) is 17.8 Å². The number of halogens is 4. The third kappa shape index (κ3) is 3.96. The predicted molar refractivity (Wildman–Crippen MR) is 71.9 cm³/mol. The Morgan fingerprint density at radius 2 is 2.00 bits per heavy atom. The smallest absolute Gasteiger partial charge is 0.261 e. The Morgan fingerprint density at radius 3 is 2.60 bits per heavy atom. The first-order valence-electron chi connectivity index (χ1n) is 5.53. The normalized spacial score (nSPS) is 11.8. The summed E-state index contributed by atoms with van der Waals surface area (Å²) in [6.07, 6.45) is -2.15. The molecule has 20 heavy (non-hydrogen) atoms. The second-order valence-corrected chi connectivity index (χ2v) is 4.29. The highest BCUT2D eigenvalue weighted by Crippen LogP contribution is 2.28. The molecule has 0 aliphatic heterocycles. The van der Waals surface area contributed by atoms with Gasteiger partial charge in [-0.15, -0.1) is 0 Å². The largest absolute Gasteiger partial charge is 0.417 e. The molecule has 0 bridgehead atoms. The second-order valence-electron chi connectivity index (χ2n) is 3.85. The average molecular weight is 300 g/mol. The van der Waals surface area contributed by atoms with Crippen LogP contribution in [0.25, 0.3) is 0 Å². The molecule has 0 aliphatic rings. The Hall–Kier alpha value is -2.08. The predicted octanol–water partition coefficient (Wildman–Crippen LogP) is 4.20. The molecule has 2 aromatic rings. The number of hydrazone groups is 1. The molecule has 0 fully saturated rings. The highest BCUT2D eigenvalue weighted by molar-refractivity contribution is 6.30. The van der Waals surface area contributed by atoms with Gasteiger partial charge in [-0.3, -0.25) is 5.43 Å². The molecule has 0 radical (unpaired) electrons. The Morgan fingerprint density at radius 1 is 1.20 bits per heavy atom. The van der Waals surface area contributed by atoms with Crippen LogP contribution in [0.4, 0.5) is 19.0 Å². The van der Waals surface area contributed by atoms with Gasteiger partial charge in [0.05, 0.1) is 11.8 Å². The van der Waals surface area contributed by atoms with Crippen LogP contribution in [0.2, 0.25) is 5.02 Å². The van der Waals surface area contributed by atoms with Crippen LogP contribution in [0.5, 0.6) is 0 Å². The van der Waals surface area contributed by atoms with E-state index in [9.17, 15) is 13.2 Å². The van der Waals surface area contributed by atoms with Crippen LogP contribution < -0.4 is 5.43 Å².